The van der Waals surface area contributed by atoms with Gasteiger partial charge in [0.15, 0.2) is 0 Å². The zero-order valence-corrected chi connectivity index (χ0v) is 12.8. The van der Waals surface area contributed by atoms with E-state index in [-0.39, 0.29) is 6.54 Å². The lowest BCUT2D eigenvalue weighted by molar-refractivity contribution is -0.138. The molecule has 0 amide bonds. The Morgan fingerprint density at radius 2 is 2.17 bits per heavy atom. The predicted molar refractivity (Wildman–Crippen MR) is 76.9 cm³/mol. The van der Waals surface area contributed by atoms with Crippen molar-refractivity contribution in [2.75, 3.05) is 13.1 Å². The van der Waals surface area contributed by atoms with E-state index in [0.29, 0.717) is 17.5 Å². The predicted octanol–water partition coefficient (Wildman–Crippen LogP) is 3.65. The van der Waals surface area contributed by atoms with Crippen LogP contribution in [-0.2, 0) is 11.3 Å². The largest absolute Gasteiger partial charge is 0.480 e. The molecule has 0 fully saturated rings. The number of carbonyl (C=O) groups is 1. The molecule has 0 unspecified atom stereocenters. The highest BCUT2D eigenvalue weighted by atomic mass is 79.9. The third-order valence-corrected chi connectivity index (χ3v) is 3.24. The van der Waals surface area contributed by atoms with Crippen molar-refractivity contribution in [2.45, 2.75) is 20.4 Å². The number of aliphatic carboxylic acids is 1. The first-order valence-electron chi connectivity index (χ1n) is 5.76. The highest BCUT2D eigenvalue weighted by molar-refractivity contribution is 9.10. The lowest BCUT2D eigenvalue weighted by Crippen LogP contribution is -2.32. The summed E-state index contributed by atoms with van der Waals surface area (Å²) in [6.07, 6.45) is 0. The second kappa shape index (κ2) is 7.12. The second-order valence-electron chi connectivity index (χ2n) is 4.69. The highest BCUT2D eigenvalue weighted by Gasteiger charge is 2.13. The first-order valence-corrected chi connectivity index (χ1v) is 6.93. The summed E-state index contributed by atoms with van der Waals surface area (Å²) in [5.74, 6) is -0.401. The van der Waals surface area contributed by atoms with Crippen LogP contribution in [0.2, 0.25) is 5.02 Å². The number of nitrogens with zero attached hydrogens (tertiary/aromatic N) is 1. The lowest BCUT2D eigenvalue weighted by atomic mass is 10.1. The Labute approximate surface area is 121 Å². The first kappa shape index (κ1) is 15.5. The lowest BCUT2D eigenvalue weighted by Gasteiger charge is -2.22. The van der Waals surface area contributed by atoms with E-state index in [4.69, 9.17) is 16.7 Å². The van der Waals surface area contributed by atoms with Gasteiger partial charge in [-0.25, -0.2) is 0 Å². The molecule has 100 valence electrons. The fourth-order valence-electron chi connectivity index (χ4n) is 1.78. The van der Waals surface area contributed by atoms with Crippen LogP contribution in [0.25, 0.3) is 0 Å². The van der Waals surface area contributed by atoms with Gasteiger partial charge in [0.1, 0.15) is 0 Å². The molecule has 0 aromatic heterocycles. The normalized spacial score (nSPS) is 11.2. The zero-order chi connectivity index (χ0) is 13.7. The van der Waals surface area contributed by atoms with Crippen molar-refractivity contribution < 1.29 is 9.90 Å². The fourth-order valence-corrected chi connectivity index (χ4v) is 2.52. The van der Waals surface area contributed by atoms with Crippen molar-refractivity contribution in [3.8, 4) is 0 Å². The monoisotopic (exact) mass is 333 g/mol. The van der Waals surface area contributed by atoms with E-state index in [1.54, 1.807) is 0 Å². The number of carboxylic acid groups (broad SMARTS) is 1. The highest BCUT2D eigenvalue weighted by Crippen LogP contribution is 2.22. The minimum atomic E-state index is -0.816. The molecule has 3 nitrogen and oxygen atoms in total. The summed E-state index contributed by atoms with van der Waals surface area (Å²) in [4.78, 5) is 12.7. The number of hydrogen-bond donors (Lipinski definition) is 1. The van der Waals surface area contributed by atoms with Gasteiger partial charge in [0.25, 0.3) is 0 Å². The van der Waals surface area contributed by atoms with E-state index in [0.717, 1.165) is 16.6 Å². The zero-order valence-electron chi connectivity index (χ0n) is 10.5. The summed E-state index contributed by atoms with van der Waals surface area (Å²) in [6, 6.07) is 5.66. The van der Waals surface area contributed by atoms with Gasteiger partial charge in [0.2, 0.25) is 0 Å². The third kappa shape index (κ3) is 5.38. The summed E-state index contributed by atoms with van der Waals surface area (Å²) in [6.45, 7) is 5.45. The summed E-state index contributed by atoms with van der Waals surface area (Å²) < 4.78 is 0.921. The molecule has 0 aliphatic heterocycles. The topological polar surface area (TPSA) is 40.5 Å². The van der Waals surface area contributed by atoms with Gasteiger partial charge < -0.3 is 5.11 Å². The maximum Gasteiger partial charge on any atom is 0.317 e. The van der Waals surface area contributed by atoms with Gasteiger partial charge in [-0.2, -0.15) is 0 Å². The smallest absolute Gasteiger partial charge is 0.317 e. The van der Waals surface area contributed by atoms with Crippen molar-refractivity contribution >= 4 is 33.5 Å². The molecule has 18 heavy (non-hydrogen) atoms. The first-order chi connectivity index (χ1) is 8.38. The SMILES string of the molecule is CC(C)CN(CC(=O)O)Cc1ccc(Br)cc1Cl. The molecule has 0 saturated heterocycles. The maximum absolute atomic E-state index is 10.8. The number of halogens is 2. The van der Waals surface area contributed by atoms with Crippen LogP contribution in [-0.4, -0.2) is 29.1 Å². The molecular formula is C13H17BrClNO2. The van der Waals surface area contributed by atoms with Crippen LogP contribution in [0, 0.1) is 5.92 Å². The van der Waals surface area contributed by atoms with Gasteiger partial charge in [-0.05, 0) is 23.6 Å². The van der Waals surface area contributed by atoms with E-state index in [9.17, 15) is 4.79 Å². The van der Waals surface area contributed by atoms with Crippen LogP contribution in [0.3, 0.4) is 0 Å². The van der Waals surface area contributed by atoms with Crippen LogP contribution >= 0.6 is 27.5 Å². The second-order valence-corrected chi connectivity index (χ2v) is 6.02. The van der Waals surface area contributed by atoms with Gasteiger partial charge in [0.05, 0.1) is 6.54 Å². The summed E-state index contributed by atoms with van der Waals surface area (Å²) in [7, 11) is 0. The molecule has 0 radical (unpaired) electrons. The van der Waals surface area contributed by atoms with Crippen molar-refractivity contribution in [3.63, 3.8) is 0 Å². The number of rotatable bonds is 6. The maximum atomic E-state index is 10.8. The van der Waals surface area contributed by atoms with E-state index in [1.165, 1.54) is 0 Å². The summed E-state index contributed by atoms with van der Waals surface area (Å²) in [5, 5.41) is 9.56. The van der Waals surface area contributed by atoms with E-state index in [2.05, 4.69) is 29.8 Å². The van der Waals surface area contributed by atoms with Gasteiger partial charge in [0, 0.05) is 22.6 Å². The Morgan fingerprint density at radius 1 is 1.50 bits per heavy atom. The summed E-state index contributed by atoms with van der Waals surface area (Å²) >= 11 is 9.49. The van der Waals surface area contributed by atoms with E-state index in [1.807, 2.05) is 23.1 Å². The molecule has 0 heterocycles. The molecule has 1 N–H and O–H groups in total. The van der Waals surface area contributed by atoms with Crippen molar-refractivity contribution in [1.29, 1.82) is 0 Å². The molecule has 1 aromatic carbocycles. The van der Waals surface area contributed by atoms with Gasteiger partial charge in [-0.15, -0.1) is 0 Å². The minimum Gasteiger partial charge on any atom is -0.480 e. The number of benzene rings is 1. The van der Waals surface area contributed by atoms with Crippen molar-refractivity contribution in [1.82, 2.24) is 4.90 Å². The van der Waals surface area contributed by atoms with Crippen LogP contribution in [0.1, 0.15) is 19.4 Å². The molecule has 0 aliphatic rings. The van der Waals surface area contributed by atoms with Crippen LogP contribution in [0.15, 0.2) is 22.7 Å². The van der Waals surface area contributed by atoms with Crippen LogP contribution in [0.5, 0.6) is 0 Å². The standard InChI is InChI=1S/C13H17BrClNO2/c1-9(2)6-16(8-13(17)18)7-10-3-4-11(14)5-12(10)15/h3-5,9H,6-8H2,1-2H3,(H,17,18). The molecular weight excluding hydrogens is 318 g/mol. The van der Waals surface area contributed by atoms with Crippen molar-refractivity contribution in [3.05, 3.63) is 33.3 Å². The summed E-state index contributed by atoms with van der Waals surface area (Å²) in [5.41, 5.74) is 0.946. The Balaban J connectivity index is 2.78. The number of carboxylic acids is 1. The molecule has 5 heteroatoms. The van der Waals surface area contributed by atoms with Crippen molar-refractivity contribution in [2.24, 2.45) is 5.92 Å². The fraction of sp³-hybridized carbons (Fsp3) is 0.462. The molecule has 0 atom stereocenters. The van der Waals surface area contributed by atoms with Crippen LogP contribution < -0.4 is 0 Å². The van der Waals surface area contributed by atoms with Gasteiger partial charge in [-0.3, -0.25) is 9.69 Å². The molecule has 0 saturated carbocycles. The number of hydrogen-bond acceptors (Lipinski definition) is 2. The Kier molecular flexibility index (Phi) is 6.12. The van der Waals surface area contributed by atoms with E-state index < -0.39 is 5.97 Å². The van der Waals surface area contributed by atoms with Crippen LogP contribution in [0.4, 0.5) is 0 Å². The average Bonchev–Trinajstić information content (AvgIpc) is 2.20. The molecule has 0 bridgehead atoms. The average molecular weight is 335 g/mol. The minimum absolute atomic E-state index is 0.0323. The van der Waals surface area contributed by atoms with Gasteiger partial charge in [-0.1, -0.05) is 47.4 Å². The Hall–Kier alpha value is -0.580. The molecule has 0 spiro atoms. The Morgan fingerprint density at radius 3 is 2.67 bits per heavy atom. The Bertz CT molecular complexity index is 423. The quantitative estimate of drug-likeness (QED) is 0.863. The van der Waals surface area contributed by atoms with E-state index >= 15 is 0 Å². The molecule has 0 aliphatic carbocycles. The molecule has 1 aromatic rings. The molecule has 1 rings (SSSR count). The van der Waals surface area contributed by atoms with Gasteiger partial charge >= 0.3 is 5.97 Å². The third-order valence-electron chi connectivity index (χ3n) is 2.39.